The molecule has 1 aliphatic rings. The van der Waals surface area contributed by atoms with Gasteiger partial charge in [0.15, 0.2) is 0 Å². The number of nitrogens with zero attached hydrogens (tertiary/aromatic N) is 4. The van der Waals surface area contributed by atoms with Gasteiger partial charge in [-0.1, -0.05) is 13.3 Å². The van der Waals surface area contributed by atoms with Crippen LogP contribution < -0.4 is 10.2 Å². The van der Waals surface area contributed by atoms with Gasteiger partial charge in [-0.15, -0.1) is 11.8 Å². The van der Waals surface area contributed by atoms with Gasteiger partial charge in [-0.25, -0.2) is 4.98 Å². The number of anilines is 2. The average Bonchev–Trinajstić information content (AvgIpc) is 2.47. The number of likely N-dealkylation sites (N-methyl/N-ethyl adjacent to an activating group) is 1. The smallest absolute Gasteiger partial charge is 0.224 e. The van der Waals surface area contributed by atoms with Crippen LogP contribution in [0.3, 0.4) is 0 Å². The molecule has 1 aromatic rings. The number of rotatable bonds is 5. The van der Waals surface area contributed by atoms with Gasteiger partial charge in [0.1, 0.15) is 5.82 Å². The molecular formula is C14H25N5S. The molecule has 0 saturated carbocycles. The number of hydrogen-bond acceptors (Lipinski definition) is 6. The Kier molecular flexibility index (Phi) is 5.48. The highest BCUT2D eigenvalue weighted by atomic mass is 32.2. The molecule has 1 fully saturated rings. The standard InChI is InChI=1S/C14H25N5S/c1-5-6-11-12(20-4)13(17-14(15-2)16-11)19-9-7-18(3)8-10-19/h5-10H2,1-4H3,(H,15,16,17). The monoisotopic (exact) mass is 295 g/mol. The van der Waals surface area contributed by atoms with E-state index in [0.29, 0.717) is 0 Å². The van der Waals surface area contributed by atoms with Crippen LogP contribution in [0.25, 0.3) is 0 Å². The zero-order valence-electron chi connectivity index (χ0n) is 12.9. The van der Waals surface area contributed by atoms with Gasteiger partial charge in [-0.3, -0.25) is 0 Å². The first kappa shape index (κ1) is 15.4. The Morgan fingerprint density at radius 2 is 1.90 bits per heavy atom. The SMILES string of the molecule is CCCc1nc(NC)nc(N2CCN(C)CC2)c1SC. The van der Waals surface area contributed by atoms with Gasteiger partial charge < -0.3 is 15.1 Å². The predicted octanol–water partition coefficient (Wildman–Crippen LogP) is 1.94. The molecule has 0 unspecified atom stereocenters. The second-order valence-corrected chi connectivity index (χ2v) is 5.96. The Morgan fingerprint density at radius 3 is 2.45 bits per heavy atom. The minimum Gasteiger partial charge on any atom is -0.357 e. The lowest BCUT2D eigenvalue weighted by Crippen LogP contribution is -2.45. The van der Waals surface area contributed by atoms with Crippen LogP contribution in [-0.4, -0.2) is 61.4 Å². The number of aromatic nitrogens is 2. The van der Waals surface area contributed by atoms with Crippen molar-refractivity contribution in [2.45, 2.75) is 24.7 Å². The van der Waals surface area contributed by atoms with Crippen LogP contribution in [0.2, 0.25) is 0 Å². The number of nitrogens with one attached hydrogen (secondary N) is 1. The highest BCUT2D eigenvalue weighted by Gasteiger charge is 2.21. The van der Waals surface area contributed by atoms with Gasteiger partial charge in [0.25, 0.3) is 0 Å². The molecule has 1 aliphatic heterocycles. The van der Waals surface area contributed by atoms with Gasteiger partial charge in [0.05, 0.1) is 10.6 Å². The molecule has 0 bridgehead atoms. The van der Waals surface area contributed by atoms with E-state index in [4.69, 9.17) is 4.98 Å². The van der Waals surface area contributed by atoms with E-state index in [-0.39, 0.29) is 0 Å². The Morgan fingerprint density at radius 1 is 1.20 bits per heavy atom. The van der Waals surface area contributed by atoms with Gasteiger partial charge >= 0.3 is 0 Å². The number of piperazine rings is 1. The molecule has 112 valence electrons. The maximum atomic E-state index is 4.72. The second-order valence-electron chi connectivity index (χ2n) is 5.14. The van der Waals surface area contributed by atoms with Crippen LogP contribution in [0.1, 0.15) is 19.0 Å². The first-order chi connectivity index (χ1) is 9.69. The maximum Gasteiger partial charge on any atom is 0.224 e. The average molecular weight is 295 g/mol. The van der Waals surface area contributed by atoms with Crippen molar-refractivity contribution in [3.63, 3.8) is 0 Å². The predicted molar refractivity (Wildman–Crippen MR) is 87.1 cm³/mol. The molecule has 1 saturated heterocycles. The topological polar surface area (TPSA) is 44.3 Å². The molecule has 0 aliphatic carbocycles. The minimum absolute atomic E-state index is 0.736. The van der Waals surface area contributed by atoms with Gasteiger partial charge in [0.2, 0.25) is 5.95 Å². The molecule has 0 radical (unpaired) electrons. The third kappa shape index (κ3) is 3.35. The normalized spacial score (nSPS) is 16.5. The first-order valence-corrected chi connectivity index (χ1v) is 8.48. The summed E-state index contributed by atoms with van der Waals surface area (Å²) in [6.45, 7) is 6.46. The highest BCUT2D eigenvalue weighted by molar-refractivity contribution is 7.98. The Hall–Kier alpha value is -1.01. The second kappa shape index (κ2) is 7.13. The van der Waals surface area contributed by atoms with Crippen molar-refractivity contribution >= 4 is 23.5 Å². The van der Waals surface area contributed by atoms with E-state index in [1.807, 2.05) is 7.05 Å². The van der Waals surface area contributed by atoms with E-state index in [9.17, 15) is 0 Å². The first-order valence-electron chi connectivity index (χ1n) is 7.25. The molecule has 0 aromatic carbocycles. The molecule has 0 atom stereocenters. The van der Waals surface area contributed by atoms with Crippen LogP contribution in [0.5, 0.6) is 0 Å². The molecule has 0 spiro atoms. The summed E-state index contributed by atoms with van der Waals surface area (Å²) in [7, 11) is 4.06. The Labute approximate surface area is 126 Å². The zero-order chi connectivity index (χ0) is 14.5. The fraction of sp³-hybridized carbons (Fsp3) is 0.714. The molecule has 2 heterocycles. The fourth-order valence-corrected chi connectivity index (χ4v) is 3.18. The maximum absolute atomic E-state index is 4.72. The third-order valence-corrected chi connectivity index (χ3v) is 4.46. The van der Waals surface area contributed by atoms with E-state index >= 15 is 0 Å². The van der Waals surface area contributed by atoms with Crippen molar-refractivity contribution < 1.29 is 0 Å². The van der Waals surface area contributed by atoms with Crippen LogP contribution >= 0.6 is 11.8 Å². The summed E-state index contributed by atoms with van der Waals surface area (Å²) in [5.41, 5.74) is 1.17. The van der Waals surface area contributed by atoms with Crippen LogP contribution in [0.15, 0.2) is 4.90 Å². The van der Waals surface area contributed by atoms with E-state index in [1.165, 1.54) is 10.6 Å². The summed E-state index contributed by atoms with van der Waals surface area (Å²) >= 11 is 1.77. The van der Waals surface area contributed by atoms with E-state index < -0.39 is 0 Å². The number of aryl methyl sites for hydroxylation is 1. The molecule has 0 amide bonds. The third-order valence-electron chi connectivity index (χ3n) is 3.64. The molecule has 1 aromatic heterocycles. The lowest BCUT2D eigenvalue weighted by atomic mass is 10.2. The lowest BCUT2D eigenvalue weighted by molar-refractivity contribution is 0.311. The van der Waals surface area contributed by atoms with Crippen molar-refractivity contribution in [2.75, 3.05) is 56.7 Å². The Bertz CT molecular complexity index is 443. The summed E-state index contributed by atoms with van der Waals surface area (Å²) in [6, 6.07) is 0. The fourth-order valence-electron chi connectivity index (χ4n) is 2.44. The summed E-state index contributed by atoms with van der Waals surface area (Å²) < 4.78 is 0. The summed E-state index contributed by atoms with van der Waals surface area (Å²) in [5.74, 6) is 1.84. The van der Waals surface area contributed by atoms with Crippen LogP contribution in [-0.2, 0) is 6.42 Å². The molecule has 2 rings (SSSR count). The van der Waals surface area contributed by atoms with Crippen LogP contribution in [0, 0.1) is 0 Å². The quantitative estimate of drug-likeness (QED) is 0.838. The van der Waals surface area contributed by atoms with E-state index in [0.717, 1.165) is 50.8 Å². The largest absolute Gasteiger partial charge is 0.357 e. The van der Waals surface area contributed by atoms with Gasteiger partial charge in [-0.05, 0) is 19.7 Å². The van der Waals surface area contributed by atoms with Crippen molar-refractivity contribution in [1.82, 2.24) is 14.9 Å². The van der Waals surface area contributed by atoms with Crippen LogP contribution in [0.4, 0.5) is 11.8 Å². The van der Waals surface area contributed by atoms with Gasteiger partial charge in [-0.2, -0.15) is 4.98 Å². The highest BCUT2D eigenvalue weighted by Crippen LogP contribution is 2.32. The van der Waals surface area contributed by atoms with E-state index in [1.54, 1.807) is 11.8 Å². The van der Waals surface area contributed by atoms with E-state index in [2.05, 4.69) is 40.3 Å². The van der Waals surface area contributed by atoms with Crippen molar-refractivity contribution in [1.29, 1.82) is 0 Å². The van der Waals surface area contributed by atoms with Crippen molar-refractivity contribution in [2.24, 2.45) is 0 Å². The summed E-state index contributed by atoms with van der Waals surface area (Å²) in [6.07, 6.45) is 4.24. The minimum atomic E-state index is 0.736. The summed E-state index contributed by atoms with van der Waals surface area (Å²) in [4.78, 5) is 15.4. The van der Waals surface area contributed by atoms with Crippen molar-refractivity contribution in [3.8, 4) is 0 Å². The summed E-state index contributed by atoms with van der Waals surface area (Å²) in [5, 5.41) is 3.10. The van der Waals surface area contributed by atoms with Gasteiger partial charge in [0, 0.05) is 33.2 Å². The molecule has 1 N–H and O–H groups in total. The number of thioether (sulfide) groups is 1. The zero-order valence-corrected chi connectivity index (χ0v) is 13.8. The molecule has 20 heavy (non-hydrogen) atoms. The Balaban J connectivity index is 2.36. The molecule has 6 heteroatoms. The van der Waals surface area contributed by atoms with Crippen molar-refractivity contribution in [3.05, 3.63) is 5.69 Å². The number of hydrogen-bond donors (Lipinski definition) is 1. The molecule has 5 nitrogen and oxygen atoms in total. The lowest BCUT2D eigenvalue weighted by Gasteiger charge is -2.34. The molecular weight excluding hydrogens is 270 g/mol.